The second-order valence-corrected chi connectivity index (χ2v) is 8.50. The molecule has 150 valence electrons. The predicted molar refractivity (Wildman–Crippen MR) is 108 cm³/mol. The summed E-state index contributed by atoms with van der Waals surface area (Å²) < 4.78 is 32.2. The van der Waals surface area contributed by atoms with Crippen LogP contribution in [0.1, 0.15) is 0 Å². The number of halogens is 1. The molecule has 1 aliphatic heterocycles. The van der Waals surface area contributed by atoms with Crippen molar-refractivity contribution in [2.75, 3.05) is 44.7 Å². The van der Waals surface area contributed by atoms with E-state index in [0.29, 0.717) is 31.9 Å². The molecule has 1 amide bonds. The number of anilines is 1. The minimum atomic E-state index is -3.84. The average molecular weight is 424 g/mol. The number of nitrogens with one attached hydrogen (secondary N) is 1. The molecule has 2 aromatic carbocycles. The molecule has 0 bridgehead atoms. The van der Waals surface area contributed by atoms with E-state index in [1.165, 1.54) is 25.3 Å². The van der Waals surface area contributed by atoms with Gasteiger partial charge in [0.15, 0.2) is 0 Å². The second kappa shape index (κ2) is 8.81. The van der Waals surface area contributed by atoms with Crippen LogP contribution in [-0.4, -0.2) is 59.1 Å². The Morgan fingerprint density at radius 1 is 1.11 bits per heavy atom. The number of carbonyl (C=O) groups excluding carboxylic acids is 1. The molecule has 0 radical (unpaired) electrons. The van der Waals surface area contributed by atoms with Gasteiger partial charge < -0.3 is 14.5 Å². The monoisotopic (exact) mass is 423 g/mol. The van der Waals surface area contributed by atoms with E-state index in [-0.39, 0.29) is 22.4 Å². The highest BCUT2D eigenvalue weighted by Gasteiger charge is 2.23. The largest absolute Gasteiger partial charge is 0.495 e. The molecule has 0 spiro atoms. The van der Waals surface area contributed by atoms with Gasteiger partial charge in [0.25, 0.3) is 0 Å². The summed E-state index contributed by atoms with van der Waals surface area (Å²) in [6, 6.07) is 14.1. The van der Waals surface area contributed by atoms with E-state index in [0.717, 1.165) is 5.69 Å². The summed E-state index contributed by atoms with van der Waals surface area (Å²) in [5, 5.41) is 0.189. The number of amides is 1. The maximum absolute atomic E-state index is 12.4. The van der Waals surface area contributed by atoms with Gasteiger partial charge in [-0.3, -0.25) is 4.79 Å². The van der Waals surface area contributed by atoms with Crippen LogP contribution in [-0.2, 0) is 14.8 Å². The normalized spacial score (nSPS) is 14.8. The number of para-hydroxylation sites is 1. The number of hydrogen-bond acceptors (Lipinski definition) is 5. The first-order chi connectivity index (χ1) is 13.4. The number of ether oxygens (including phenoxy) is 1. The molecule has 1 fully saturated rings. The smallest absolute Gasteiger partial charge is 0.241 e. The summed E-state index contributed by atoms with van der Waals surface area (Å²) >= 11 is 5.99. The van der Waals surface area contributed by atoms with Crippen molar-refractivity contribution in [1.29, 1.82) is 0 Å². The van der Waals surface area contributed by atoms with E-state index in [9.17, 15) is 13.2 Å². The zero-order valence-corrected chi connectivity index (χ0v) is 17.0. The van der Waals surface area contributed by atoms with Crippen molar-refractivity contribution >= 4 is 33.2 Å². The van der Waals surface area contributed by atoms with Crippen LogP contribution in [0.15, 0.2) is 53.4 Å². The van der Waals surface area contributed by atoms with Crippen LogP contribution < -0.4 is 14.4 Å². The van der Waals surface area contributed by atoms with Gasteiger partial charge in [0.1, 0.15) is 5.75 Å². The maximum atomic E-state index is 12.4. The van der Waals surface area contributed by atoms with Gasteiger partial charge in [0, 0.05) is 31.9 Å². The van der Waals surface area contributed by atoms with Crippen LogP contribution in [0.2, 0.25) is 5.02 Å². The maximum Gasteiger partial charge on any atom is 0.241 e. The Kier molecular flexibility index (Phi) is 6.43. The van der Waals surface area contributed by atoms with Crippen LogP contribution >= 0.6 is 11.6 Å². The molecule has 0 aromatic heterocycles. The molecule has 1 heterocycles. The Hall–Kier alpha value is -2.29. The first kappa shape index (κ1) is 20.4. The first-order valence-electron chi connectivity index (χ1n) is 8.82. The molecule has 0 saturated carbocycles. The van der Waals surface area contributed by atoms with E-state index < -0.39 is 10.0 Å². The van der Waals surface area contributed by atoms with Gasteiger partial charge in [0.05, 0.1) is 23.6 Å². The Labute approximate surface area is 169 Å². The molecule has 9 heteroatoms. The van der Waals surface area contributed by atoms with Crippen molar-refractivity contribution in [1.82, 2.24) is 9.62 Å². The van der Waals surface area contributed by atoms with E-state index in [1.807, 2.05) is 30.3 Å². The lowest BCUT2D eigenvalue weighted by atomic mass is 10.2. The highest BCUT2D eigenvalue weighted by atomic mass is 35.5. The molecule has 0 atom stereocenters. The highest BCUT2D eigenvalue weighted by molar-refractivity contribution is 7.89. The lowest BCUT2D eigenvalue weighted by molar-refractivity contribution is -0.130. The van der Waals surface area contributed by atoms with Gasteiger partial charge in [-0.2, -0.15) is 0 Å². The van der Waals surface area contributed by atoms with Crippen molar-refractivity contribution in [3.8, 4) is 5.75 Å². The number of rotatable bonds is 6. The molecule has 0 unspecified atom stereocenters. The van der Waals surface area contributed by atoms with Gasteiger partial charge in [-0.1, -0.05) is 29.8 Å². The fourth-order valence-corrected chi connectivity index (χ4v) is 4.34. The zero-order valence-electron chi connectivity index (χ0n) is 15.5. The highest BCUT2D eigenvalue weighted by Crippen LogP contribution is 2.26. The number of piperazine rings is 1. The second-order valence-electron chi connectivity index (χ2n) is 6.32. The van der Waals surface area contributed by atoms with Crippen molar-refractivity contribution in [2.24, 2.45) is 0 Å². The zero-order chi connectivity index (χ0) is 20.1. The first-order valence-corrected chi connectivity index (χ1v) is 10.7. The van der Waals surface area contributed by atoms with E-state index in [4.69, 9.17) is 16.3 Å². The average Bonchev–Trinajstić information content (AvgIpc) is 2.72. The summed E-state index contributed by atoms with van der Waals surface area (Å²) in [7, 11) is -2.39. The molecule has 1 aliphatic rings. The summed E-state index contributed by atoms with van der Waals surface area (Å²) in [5.74, 6) is 0.129. The lowest BCUT2D eigenvalue weighted by Gasteiger charge is -2.36. The summed E-state index contributed by atoms with van der Waals surface area (Å²) in [6.45, 7) is 2.21. The molecule has 7 nitrogen and oxygen atoms in total. The minimum Gasteiger partial charge on any atom is -0.495 e. The molecule has 3 rings (SSSR count). The third-order valence-electron chi connectivity index (χ3n) is 4.60. The quantitative estimate of drug-likeness (QED) is 0.768. The molecular formula is C19H22ClN3O4S. The van der Waals surface area contributed by atoms with Crippen LogP contribution in [0.3, 0.4) is 0 Å². The number of sulfonamides is 1. The van der Waals surface area contributed by atoms with E-state index in [2.05, 4.69) is 9.62 Å². The van der Waals surface area contributed by atoms with Gasteiger partial charge in [-0.05, 0) is 30.3 Å². The SMILES string of the molecule is COc1ccc(S(=O)(=O)NCC(=O)N2CCN(c3ccccc3)CC2)cc1Cl. The Morgan fingerprint density at radius 2 is 1.79 bits per heavy atom. The van der Waals surface area contributed by atoms with E-state index in [1.54, 1.807) is 4.90 Å². The van der Waals surface area contributed by atoms with Crippen molar-refractivity contribution < 1.29 is 17.9 Å². The van der Waals surface area contributed by atoms with Gasteiger partial charge >= 0.3 is 0 Å². The predicted octanol–water partition coefficient (Wildman–Crippen LogP) is 1.98. The van der Waals surface area contributed by atoms with Crippen LogP contribution in [0.4, 0.5) is 5.69 Å². The van der Waals surface area contributed by atoms with E-state index >= 15 is 0 Å². The Balaban J connectivity index is 1.55. The summed E-state index contributed by atoms with van der Waals surface area (Å²) in [5.41, 5.74) is 1.12. The number of benzene rings is 2. The van der Waals surface area contributed by atoms with Crippen molar-refractivity contribution in [3.05, 3.63) is 53.6 Å². The Morgan fingerprint density at radius 3 is 2.39 bits per heavy atom. The molecule has 1 saturated heterocycles. The van der Waals surface area contributed by atoms with Crippen LogP contribution in [0, 0.1) is 0 Å². The number of methoxy groups -OCH3 is 1. The molecular weight excluding hydrogens is 402 g/mol. The summed E-state index contributed by atoms with van der Waals surface area (Å²) in [4.78, 5) is 16.3. The number of carbonyl (C=O) groups is 1. The number of nitrogens with zero attached hydrogens (tertiary/aromatic N) is 2. The fraction of sp³-hybridized carbons (Fsp3) is 0.316. The third-order valence-corrected chi connectivity index (χ3v) is 6.29. The van der Waals surface area contributed by atoms with Gasteiger partial charge in [-0.25, -0.2) is 13.1 Å². The topological polar surface area (TPSA) is 78.9 Å². The van der Waals surface area contributed by atoms with Crippen LogP contribution in [0.25, 0.3) is 0 Å². The van der Waals surface area contributed by atoms with Crippen molar-refractivity contribution in [2.45, 2.75) is 4.90 Å². The standard InChI is InChI=1S/C19H22ClN3O4S/c1-27-18-8-7-16(13-17(18)20)28(25,26)21-14-19(24)23-11-9-22(10-12-23)15-5-3-2-4-6-15/h2-8,13,21H,9-12,14H2,1H3. The molecule has 28 heavy (non-hydrogen) atoms. The number of hydrogen-bond donors (Lipinski definition) is 1. The minimum absolute atomic E-state index is 0.0139. The molecule has 0 aliphatic carbocycles. The van der Waals surface area contributed by atoms with Crippen LogP contribution in [0.5, 0.6) is 5.75 Å². The van der Waals surface area contributed by atoms with Crippen molar-refractivity contribution in [3.63, 3.8) is 0 Å². The fourth-order valence-electron chi connectivity index (χ4n) is 3.02. The third kappa shape index (κ3) is 4.76. The summed E-state index contributed by atoms with van der Waals surface area (Å²) in [6.07, 6.45) is 0. The Bertz CT molecular complexity index is 929. The lowest BCUT2D eigenvalue weighted by Crippen LogP contribution is -2.51. The molecule has 1 N–H and O–H groups in total. The van der Waals surface area contributed by atoms with Gasteiger partial charge in [0.2, 0.25) is 15.9 Å². The molecule has 2 aromatic rings. The van der Waals surface area contributed by atoms with Gasteiger partial charge in [-0.15, -0.1) is 0 Å².